The number of carbonyl (C=O) groups is 1. The highest BCUT2D eigenvalue weighted by Gasteiger charge is 2.17. The molecule has 0 unspecified atom stereocenters. The quantitative estimate of drug-likeness (QED) is 0.746. The highest BCUT2D eigenvalue weighted by molar-refractivity contribution is 5.85. The van der Waals surface area contributed by atoms with Gasteiger partial charge in [-0.3, -0.25) is 4.79 Å². The molecule has 0 aliphatic carbocycles. The summed E-state index contributed by atoms with van der Waals surface area (Å²) < 4.78 is 5.68. The standard InChI is InChI=1S/C18H30N2O2.ClH/c1-17(2,3)14-8-10-15(11-9-14)22-12-6-7-16(21)20-18(4,5)13-19;/h8-11H,6-7,12-13,19H2,1-5H3,(H,20,21);1H. The molecule has 0 saturated carbocycles. The van der Waals surface area contributed by atoms with Gasteiger partial charge in [0.2, 0.25) is 5.91 Å². The van der Waals surface area contributed by atoms with E-state index < -0.39 is 0 Å². The summed E-state index contributed by atoms with van der Waals surface area (Å²) >= 11 is 0. The molecule has 0 aliphatic heterocycles. The van der Waals surface area contributed by atoms with Crippen LogP contribution in [0, 0.1) is 0 Å². The lowest BCUT2D eigenvalue weighted by atomic mass is 9.87. The summed E-state index contributed by atoms with van der Waals surface area (Å²) in [5, 5.41) is 2.91. The van der Waals surface area contributed by atoms with Crippen LogP contribution in [0.3, 0.4) is 0 Å². The number of carbonyl (C=O) groups excluding carboxylic acids is 1. The van der Waals surface area contributed by atoms with Gasteiger partial charge in [0.1, 0.15) is 5.75 Å². The van der Waals surface area contributed by atoms with Crippen LogP contribution < -0.4 is 15.8 Å². The molecule has 1 rings (SSSR count). The molecule has 0 bridgehead atoms. The van der Waals surface area contributed by atoms with Crippen LogP contribution in [-0.2, 0) is 10.2 Å². The number of hydrogen-bond acceptors (Lipinski definition) is 3. The third-order valence-corrected chi connectivity index (χ3v) is 3.53. The molecule has 0 aromatic heterocycles. The molecule has 0 fully saturated rings. The average molecular weight is 343 g/mol. The van der Waals surface area contributed by atoms with Crippen LogP contribution in [-0.4, -0.2) is 24.6 Å². The SMILES string of the molecule is CC(C)(CN)NC(=O)CCCOc1ccc(C(C)(C)C)cc1.Cl. The summed E-state index contributed by atoms with van der Waals surface area (Å²) in [7, 11) is 0. The Morgan fingerprint density at radius 2 is 1.70 bits per heavy atom. The van der Waals surface area contributed by atoms with Crippen molar-refractivity contribution in [1.29, 1.82) is 0 Å². The van der Waals surface area contributed by atoms with Crippen molar-refractivity contribution in [3.8, 4) is 5.75 Å². The van der Waals surface area contributed by atoms with Crippen molar-refractivity contribution in [2.45, 2.75) is 58.4 Å². The second-order valence-corrected chi connectivity index (χ2v) is 7.36. The second kappa shape index (κ2) is 9.14. The minimum Gasteiger partial charge on any atom is -0.494 e. The van der Waals surface area contributed by atoms with E-state index in [-0.39, 0.29) is 29.3 Å². The zero-order valence-corrected chi connectivity index (χ0v) is 15.8. The van der Waals surface area contributed by atoms with Gasteiger partial charge in [0, 0.05) is 18.5 Å². The number of halogens is 1. The first kappa shape index (κ1) is 21.7. The van der Waals surface area contributed by atoms with Crippen molar-refractivity contribution in [1.82, 2.24) is 5.32 Å². The third kappa shape index (κ3) is 8.24. The first-order valence-corrected chi connectivity index (χ1v) is 7.88. The molecule has 0 aliphatic rings. The van der Waals surface area contributed by atoms with E-state index in [0.717, 1.165) is 5.75 Å². The number of ether oxygens (including phenoxy) is 1. The molecule has 4 nitrogen and oxygen atoms in total. The molecule has 0 atom stereocenters. The number of nitrogens with one attached hydrogen (secondary N) is 1. The Labute approximate surface area is 146 Å². The van der Waals surface area contributed by atoms with Gasteiger partial charge in [-0.15, -0.1) is 12.4 Å². The Hall–Kier alpha value is -1.26. The van der Waals surface area contributed by atoms with Gasteiger partial charge in [-0.2, -0.15) is 0 Å². The fourth-order valence-corrected chi connectivity index (χ4v) is 1.96. The van der Waals surface area contributed by atoms with E-state index in [0.29, 0.717) is 26.0 Å². The predicted octanol–water partition coefficient (Wildman–Crippen LogP) is 3.42. The van der Waals surface area contributed by atoms with Gasteiger partial charge in [0.05, 0.1) is 6.61 Å². The Morgan fingerprint density at radius 3 is 2.17 bits per heavy atom. The Kier molecular flexibility index (Phi) is 8.64. The second-order valence-electron chi connectivity index (χ2n) is 7.36. The van der Waals surface area contributed by atoms with Crippen molar-refractivity contribution >= 4 is 18.3 Å². The van der Waals surface area contributed by atoms with Gasteiger partial charge in [-0.1, -0.05) is 32.9 Å². The first-order valence-electron chi connectivity index (χ1n) is 7.88. The Morgan fingerprint density at radius 1 is 1.13 bits per heavy atom. The lowest BCUT2D eigenvalue weighted by Gasteiger charge is -2.24. The molecule has 0 spiro atoms. The zero-order chi connectivity index (χ0) is 16.8. The molecule has 1 aromatic carbocycles. The number of amides is 1. The lowest BCUT2D eigenvalue weighted by molar-refractivity contribution is -0.122. The highest BCUT2D eigenvalue weighted by atomic mass is 35.5. The summed E-state index contributed by atoms with van der Waals surface area (Å²) in [5.74, 6) is 0.859. The zero-order valence-electron chi connectivity index (χ0n) is 14.9. The van der Waals surface area contributed by atoms with E-state index in [1.54, 1.807) is 0 Å². The molecule has 0 heterocycles. The van der Waals surface area contributed by atoms with Crippen LogP contribution >= 0.6 is 12.4 Å². The van der Waals surface area contributed by atoms with E-state index in [1.165, 1.54) is 5.56 Å². The summed E-state index contributed by atoms with van der Waals surface area (Å²) in [6.07, 6.45) is 1.14. The van der Waals surface area contributed by atoms with Gasteiger partial charge >= 0.3 is 0 Å². The number of benzene rings is 1. The van der Waals surface area contributed by atoms with Gasteiger partial charge in [-0.05, 0) is 43.4 Å². The van der Waals surface area contributed by atoms with Crippen LogP contribution in [0.25, 0.3) is 0 Å². The molecule has 1 amide bonds. The summed E-state index contributed by atoms with van der Waals surface area (Å²) in [5.41, 5.74) is 6.67. The maximum absolute atomic E-state index is 11.8. The first-order chi connectivity index (χ1) is 10.1. The van der Waals surface area contributed by atoms with Crippen molar-refractivity contribution < 1.29 is 9.53 Å². The fraction of sp³-hybridized carbons (Fsp3) is 0.611. The summed E-state index contributed by atoms with van der Waals surface area (Å²) in [4.78, 5) is 11.8. The Bertz CT molecular complexity index is 479. The highest BCUT2D eigenvalue weighted by Crippen LogP contribution is 2.24. The lowest BCUT2D eigenvalue weighted by Crippen LogP contribution is -2.48. The van der Waals surface area contributed by atoms with Crippen molar-refractivity contribution in [3.05, 3.63) is 29.8 Å². The number of nitrogens with two attached hydrogens (primary N) is 1. The fourth-order valence-electron chi connectivity index (χ4n) is 1.96. The van der Waals surface area contributed by atoms with Crippen molar-refractivity contribution in [3.63, 3.8) is 0 Å². The molecule has 132 valence electrons. The summed E-state index contributed by atoms with van der Waals surface area (Å²) in [6, 6.07) is 8.15. The third-order valence-electron chi connectivity index (χ3n) is 3.53. The molecule has 0 radical (unpaired) electrons. The van der Waals surface area contributed by atoms with Crippen LogP contribution in [0.5, 0.6) is 5.75 Å². The average Bonchev–Trinajstić information content (AvgIpc) is 2.43. The van der Waals surface area contributed by atoms with Crippen molar-refractivity contribution in [2.75, 3.05) is 13.2 Å². The topological polar surface area (TPSA) is 64.3 Å². The van der Waals surface area contributed by atoms with E-state index in [9.17, 15) is 4.79 Å². The van der Waals surface area contributed by atoms with Crippen LogP contribution in [0.1, 0.15) is 53.0 Å². The van der Waals surface area contributed by atoms with Gasteiger partial charge in [-0.25, -0.2) is 0 Å². The largest absolute Gasteiger partial charge is 0.494 e. The van der Waals surface area contributed by atoms with Crippen LogP contribution in [0.15, 0.2) is 24.3 Å². The van der Waals surface area contributed by atoms with Gasteiger partial charge in [0.25, 0.3) is 0 Å². The van der Waals surface area contributed by atoms with E-state index in [1.807, 2.05) is 26.0 Å². The molecular weight excluding hydrogens is 312 g/mol. The normalized spacial score (nSPS) is 11.6. The Balaban J connectivity index is 0.00000484. The molecule has 5 heteroatoms. The monoisotopic (exact) mass is 342 g/mol. The maximum Gasteiger partial charge on any atom is 0.220 e. The molecule has 3 N–H and O–H groups in total. The van der Waals surface area contributed by atoms with E-state index >= 15 is 0 Å². The molecule has 1 aromatic rings. The maximum atomic E-state index is 11.8. The minimum absolute atomic E-state index is 0. The van der Waals surface area contributed by atoms with Crippen LogP contribution in [0.4, 0.5) is 0 Å². The summed E-state index contributed by atoms with van der Waals surface area (Å²) in [6.45, 7) is 11.3. The van der Waals surface area contributed by atoms with E-state index in [4.69, 9.17) is 10.5 Å². The molecular formula is C18H31ClN2O2. The minimum atomic E-state index is -0.347. The van der Waals surface area contributed by atoms with Gasteiger partial charge < -0.3 is 15.8 Å². The molecule has 0 saturated heterocycles. The number of hydrogen-bond donors (Lipinski definition) is 2. The van der Waals surface area contributed by atoms with Crippen molar-refractivity contribution in [2.24, 2.45) is 5.73 Å². The number of rotatable bonds is 7. The smallest absolute Gasteiger partial charge is 0.220 e. The van der Waals surface area contributed by atoms with Gasteiger partial charge in [0.15, 0.2) is 0 Å². The van der Waals surface area contributed by atoms with Crippen LogP contribution in [0.2, 0.25) is 0 Å². The van der Waals surface area contributed by atoms with E-state index in [2.05, 4.69) is 38.2 Å². The predicted molar refractivity (Wildman–Crippen MR) is 98.4 cm³/mol. The molecule has 23 heavy (non-hydrogen) atoms.